The van der Waals surface area contributed by atoms with Crippen LogP contribution in [-0.2, 0) is 13.2 Å². The van der Waals surface area contributed by atoms with Crippen molar-refractivity contribution >= 4 is 11.4 Å². The minimum Gasteiger partial charge on any atom is -0.437 e. The van der Waals surface area contributed by atoms with Crippen molar-refractivity contribution in [1.29, 1.82) is 0 Å². The Balaban J connectivity index is 2.27. The van der Waals surface area contributed by atoms with Crippen molar-refractivity contribution in [3.63, 3.8) is 0 Å². The van der Waals surface area contributed by atoms with E-state index in [-0.39, 0.29) is 17.3 Å². The molecule has 1 aromatic heterocycles. The van der Waals surface area contributed by atoms with E-state index in [4.69, 9.17) is 16.2 Å². The van der Waals surface area contributed by atoms with Crippen LogP contribution in [-0.4, -0.2) is 9.78 Å². The Bertz CT molecular complexity index is 606. The van der Waals surface area contributed by atoms with Gasteiger partial charge in [-0.05, 0) is 12.1 Å². The lowest BCUT2D eigenvalue weighted by Gasteiger charge is -2.04. The lowest BCUT2D eigenvalue weighted by atomic mass is 10.2. The molecule has 0 fully saturated rings. The molecule has 0 aliphatic rings. The Morgan fingerprint density at radius 2 is 1.84 bits per heavy atom. The van der Waals surface area contributed by atoms with Gasteiger partial charge in [-0.15, -0.1) is 5.10 Å². The topological polar surface area (TPSA) is 79.1 Å². The molecular weight excluding hydrogens is 261 g/mol. The number of alkyl halides is 3. The summed E-state index contributed by atoms with van der Waals surface area (Å²) in [5.74, 6) is 0.0949. The average Bonchev–Trinajstić information content (AvgIpc) is 2.64. The monoisotopic (exact) mass is 272 g/mol. The molecule has 4 N–H and O–H groups in total. The highest BCUT2D eigenvalue weighted by Gasteiger charge is 2.35. The average molecular weight is 272 g/mol. The van der Waals surface area contributed by atoms with Crippen LogP contribution in [0.3, 0.4) is 0 Å². The van der Waals surface area contributed by atoms with Gasteiger partial charge in [-0.3, -0.25) is 4.68 Å². The van der Waals surface area contributed by atoms with Crippen LogP contribution in [0.5, 0.6) is 11.6 Å². The number of nitrogen functional groups attached to an aromatic ring is 2. The lowest BCUT2D eigenvalue weighted by molar-refractivity contribution is -0.143. The fourth-order valence-corrected chi connectivity index (χ4v) is 1.49. The molecule has 2 rings (SSSR count). The summed E-state index contributed by atoms with van der Waals surface area (Å²) in [5, 5.41) is 3.63. The number of aromatic nitrogens is 2. The minimum atomic E-state index is -4.48. The predicted octanol–water partition coefficient (Wildman–Crippen LogP) is 2.40. The summed E-state index contributed by atoms with van der Waals surface area (Å²) in [6.45, 7) is 0. The van der Waals surface area contributed by atoms with E-state index < -0.39 is 11.9 Å². The van der Waals surface area contributed by atoms with Crippen LogP contribution in [0, 0.1) is 0 Å². The molecular formula is C11H11F3N4O. The molecule has 1 aromatic carbocycles. The number of anilines is 2. The third kappa shape index (κ3) is 2.72. The number of benzene rings is 1. The van der Waals surface area contributed by atoms with Gasteiger partial charge in [0.15, 0.2) is 0 Å². The number of hydrogen-bond donors (Lipinski definition) is 2. The number of rotatable bonds is 2. The Hall–Kier alpha value is -2.38. The number of aryl methyl sites for hydroxylation is 1. The molecule has 1 heterocycles. The first-order chi connectivity index (χ1) is 8.77. The van der Waals surface area contributed by atoms with Crippen LogP contribution >= 0.6 is 0 Å². The van der Waals surface area contributed by atoms with Gasteiger partial charge in [-0.1, -0.05) is 0 Å². The molecule has 2 aromatic rings. The SMILES string of the molecule is Cn1nc(Oc2ccc(N)c(N)c2)cc1C(F)(F)F. The normalized spacial score (nSPS) is 11.6. The van der Waals surface area contributed by atoms with Crippen LogP contribution in [0.2, 0.25) is 0 Å². The Kier molecular flexibility index (Phi) is 3.01. The first-order valence-corrected chi connectivity index (χ1v) is 5.21. The van der Waals surface area contributed by atoms with Gasteiger partial charge in [0.1, 0.15) is 11.4 Å². The second-order valence-corrected chi connectivity index (χ2v) is 3.88. The van der Waals surface area contributed by atoms with Crippen molar-refractivity contribution in [2.45, 2.75) is 6.18 Å². The second kappa shape index (κ2) is 4.38. The van der Waals surface area contributed by atoms with Gasteiger partial charge in [-0.25, -0.2) is 0 Å². The number of hydrogen-bond acceptors (Lipinski definition) is 4. The summed E-state index contributed by atoms with van der Waals surface area (Å²) in [4.78, 5) is 0. The molecule has 0 radical (unpaired) electrons. The summed E-state index contributed by atoms with van der Waals surface area (Å²) in [5.41, 5.74) is 10.8. The van der Waals surface area contributed by atoms with Crippen LogP contribution < -0.4 is 16.2 Å². The van der Waals surface area contributed by atoms with Gasteiger partial charge in [0.25, 0.3) is 0 Å². The van der Waals surface area contributed by atoms with Crippen molar-refractivity contribution in [3.05, 3.63) is 30.0 Å². The fourth-order valence-electron chi connectivity index (χ4n) is 1.49. The van der Waals surface area contributed by atoms with E-state index in [0.29, 0.717) is 10.4 Å². The summed E-state index contributed by atoms with van der Waals surface area (Å²) >= 11 is 0. The molecule has 0 unspecified atom stereocenters. The maximum atomic E-state index is 12.6. The van der Waals surface area contributed by atoms with Crippen LogP contribution in [0.4, 0.5) is 24.5 Å². The Morgan fingerprint density at radius 1 is 1.16 bits per heavy atom. The third-order valence-electron chi connectivity index (χ3n) is 2.43. The number of ether oxygens (including phenoxy) is 1. The van der Waals surface area contributed by atoms with E-state index in [1.165, 1.54) is 25.2 Å². The largest absolute Gasteiger partial charge is 0.437 e. The highest BCUT2D eigenvalue weighted by Crippen LogP contribution is 2.33. The molecule has 5 nitrogen and oxygen atoms in total. The molecule has 102 valence electrons. The van der Waals surface area contributed by atoms with E-state index in [1.54, 1.807) is 0 Å². The lowest BCUT2D eigenvalue weighted by Crippen LogP contribution is -2.11. The molecule has 0 aliphatic carbocycles. The van der Waals surface area contributed by atoms with Gasteiger partial charge in [0.05, 0.1) is 11.4 Å². The minimum absolute atomic E-state index is 0.168. The standard InChI is InChI=1S/C11H11F3N4O/c1-18-9(11(12,13)14)5-10(17-18)19-6-2-3-7(15)8(16)4-6/h2-5H,15-16H2,1H3. The molecule has 0 aliphatic heterocycles. The third-order valence-corrected chi connectivity index (χ3v) is 2.43. The van der Waals surface area contributed by atoms with E-state index in [1.807, 2.05) is 0 Å². The molecule has 0 atom stereocenters. The summed E-state index contributed by atoms with van der Waals surface area (Å²) < 4.78 is 43.6. The molecule has 0 saturated carbocycles. The van der Waals surface area contributed by atoms with Crippen molar-refractivity contribution in [2.24, 2.45) is 7.05 Å². The van der Waals surface area contributed by atoms with E-state index in [0.717, 1.165) is 6.07 Å². The molecule has 0 spiro atoms. The smallest absolute Gasteiger partial charge is 0.433 e. The highest BCUT2D eigenvalue weighted by atomic mass is 19.4. The van der Waals surface area contributed by atoms with Gasteiger partial charge in [-0.2, -0.15) is 13.2 Å². The molecule has 19 heavy (non-hydrogen) atoms. The fraction of sp³-hybridized carbons (Fsp3) is 0.182. The van der Waals surface area contributed by atoms with Crippen molar-refractivity contribution in [2.75, 3.05) is 11.5 Å². The van der Waals surface area contributed by atoms with Crippen LogP contribution in [0.15, 0.2) is 24.3 Å². The van der Waals surface area contributed by atoms with Crippen molar-refractivity contribution in [1.82, 2.24) is 9.78 Å². The molecule has 0 saturated heterocycles. The van der Waals surface area contributed by atoms with Crippen molar-refractivity contribution < 1.29 is 17.9 Å². The number of nitrogens with two attached hydrogens (primary N) is 2. The summed E-state index contributed by atoms with van der Waals surface area (Å²) in [7, 11) is 1.19. The number of halogens is 3. The van der Waals surface area contributed by atoms with E-state index in [2.05, 4.69) is 5.10 Å². The van der Waals surface area contributed by atoms with Gasteiger partial charge in [0.2, 0.25) is 5.88 Å². The van der Waals surface area contributed by atoms with E-state index >= 15 is 0 Å². The summed E-state index contributed by atoms with van der Waals surface area (Å²) in [6.07, 6.45) is -4.48. The second-order valence-electron chi connectivity index (χ2n) is 3.88. The van der Waals surface area contributed by atoms with Gasteiger partial charge < -0.3 is 16.2 Å². The molecule has 8 heteroatoms. The zero-order valence-corrected chi connectivity index (χ0v) is 9.90. The van der Waals surface area contributed by atoms with Crippen LogP contribution in [0.25, 0.3) is 0 Å². The Morgan fingerprint density at radius 3 is 2.37 bits per heavy atom. The Labute approximate surface area is 106 Å². The first kappa shape index (κ1) is 13.1. The quantitative estimate of drug-likeness (QED) is 0.823. The van der Waals surface area contributed by atoms with Crippen molar-refractivity contribution in [3.8, 4) is 11.6 Å². The van der Waals surface area contributed by atoms with Gasteiger partial charge in [0, 0.05) is 19.2 Å². The molecule has 0 amide bonds. The first-order valence-electron chi connectivity index (χ1n) is 5.21. The van der Waals surface area contributed by atoms with E-state index in [9.17, 15) is 13.2 Å². The summed E-state index contributed by atoms with van der Waals surface area (Å²) in [6, 6.07) is 5.22. The molecule has 0 bridgehead atoms. The maximum absolute atomic E-state index is 12.6. The zero-order valence-electron chi connectivity index (χ0n) is 9.90. The predicted molar refractivity (Wildman–Crippen MR) is 63.6 cm³/mol. The maximum Gasteiger partial charge on any atom is 0.433 e. The number of nitrogens with zero attached hydrogens (tertiary/aromatic N) is 2. The van der Waals surface area contributed by atoms with Gasteiger partial charge >= 0.3 is 6.18 Å². The highest BCUT2D eigenvalue weighted by molar-refractivity contribution is 5.65. The van der Waals surface area contributed by atoms with Crippen LogP contribution in [0.1, 0.15) is 5.69 Å². The zero-order chi connectivity index (χ0) is 14.2.